The lowest BCUT2D eigenvalue weighted by Crippen LogP contribution is -2.18. The van der Waals surface area contributed by atoms with E-state index in [1.165, 1.54) is 23.5 Å². The number of nitrogens with zero attached hydrogens (tertiary/aromatic N) is 2. The summed E-state index contributed by atoms with van der Waals surface area (Å²) in [6.07, 6.45) is 2.25. The fraction of sp³-hybridized carbons (Fsp3) is 0.111. The number of carbonyl (C=O) groups excluding carboxylic acids is 1. The molecule has 3 aromatic rings. The van der Waals surface area contributed by atoms with Crippen LogP contribution in [0.1, 0.15) is 20.8 Å². The summed E-state index contributed by atoms with van der Waals surface area (Å²) in [6, 6.07) is 13.5. The second-order valence-electron chi connectivity index (χ2n) is 5.66. The Morgan fingerprint density at radius 3 is 2.59 bits per heavy atom. The van der Waals surface area contributed by atoms with E-state index in [4.69, 9.17) is 5.41 Å². The van der Waals surface area contributed by atoms with Crippen LogP contribution in [0, 0.1) is 15.5 Å². The predicted octanol–water partition coefficient (Wildman–Crippen LogP) is 4.60. The fourth-order valence-corrected chi connectivity index (χ4v) is 3.67. The van der Waals surface area contributed by atoms with E-state index in [0.717, 1.165) is 14.9 Å². The summed E-state index contributed by atoms with van der Waals surface area (Å²) in [6.45, 7) is 0.0892. The molecule has 6 nitrogen and oxygen atoms in total. The molecule has 0 unspecified atom stereocenters. The fourth-order valence-electron chi connectivity index (χ4n) is 2.50. The highest BCUT2D eigenvalue weighted by molar-refractivity contribution is 9.10. The van der Waals surface area contributed by atoms with Crippen molar-refractivity contribution in [1.29, 1.82) is 5.41 Å². The number of non-ortho nitro benzene ring substituents is 1. The minimum Gasteiger partial charge on any atom is -0.316 e. The van der Waals surface area contributed by atoms with E-state index < -0.39 is 4.92 Å². The normalized spacial score (nSPS) is 10.3. The van der Waals surface area contributed by atoms with Crippen LogP contribution in [0.4, 0.5) is 5.69 Å². The lowest BCUT2D eigenvalue weighted by molar-refractivity contribution is -0.384. The van der Waals surface area contributed by atoms with E-state index in [9.17, 15) is 14.9 Å². The maximum Gasteiger partial charge on any atom is 0.269 e. The van der Waals surface area contributed by atoms with Gasteiger partial charge >= 0.3 is 0 Å². The Kier molecular flexibility index (Phi) is 7.06. The molecule has 0 saturated heterocycles. The Labute approximate surface area is 173 Å². The third-order valence-electron chi connectivity index (χ3n) is 3.77. The lowest BCUT2D eigenvalue weighted by Gasteiger charge is -2.03. The van der Waals surface area contributed by atoms with Gasteiger partial charge in [0.25, 0.3) is 5.69 Å². The van der Waals surface area contributed by atoms with Crippen LogP contribution in [0.15, 0.2) is 59.2 Å². The summed E-state index contributed by atoms with van der Waals surface area (Å²) >= 11 is 4.60. The van der Waals surface area contributed by atoms with Crippen LogP contribution in [0.5, 0.6) is 0 Å². The van der Waals surface area contributed by atoms with Gasteiger partial charge in [-0.1, -0.05) is 40.2 Å². The van der Waals surface area contributed by atoms with Crippen LogP contribution in [0.2, 0.25) is 0 Å². The second kappa shape index (κ2) is 9.07. The van der Waals surface area contributed by atoms with Gasteiger partial charge < -0.3 is 4.57 Å². The molecular formula is C18H15BrClN3O3S. The number of rotatable bonds is 6. The third-order valence-corrected chi connectivity index (χ3v) is 5.24. The molecule has 1 N–H and O–H groups in total. The van der Waals surface area contributed by atoms with Crippen LogP contribution >= 0.6 is 39.7 Å². The number of hydrogen-bond donors (Lipinski definition) is 1. The zero-order chi connectivity index (χ0) is 18.7. The molecule has 0 aliphatic carbocycles. The number of nitro groups is 1. The van der Waals surface area contributed by atoms with E-state index in [2.05, 4.69) is 15.9 Å². The molecule has 9 heteroatoms. The van der Waals surface area contributed by atoms with Crippen molar-refractivity contribution in [2.75, 3.05) is 0 Å². The number of carbonyl (C=O) groups is 1. The molecule has 27 heavy (non-hydrogen) atoms. The molecule has 0 bridgehead atoms. The molecule has 140 valence electrons. The van der Waals surface area contributed by atoms with Crippen LogP contribution in [-0.2, 0) is 13.0 Å². The lowest BCUT2D eigenvalue weighted by atomic mass is 10.1. The average Bonchev–Trinajstić information content (AvgIpc) is 2.94. The Bertz CT molecular complexity index is 1030. The van der Waals surface area contributed by atoms with E-state index in [-0.39, 0.29) is 35.2 Å². The van der Waals surface area contributed by atoms with Gasteiger partial charge in [0.2, 0.25) is 0 Å². The van der Waals surface area contributed by atoms with Crippen molar-refractivity contribution in [2.45, 2.75) is 13.0 Å². The number of benzene rings is 2. The minimum atomic E-state index is -0.426. The molecule has 1 aromatic heterocycles. The summed E-state index contributed by atoms with van der Waals surface area (Å²) in [5, 5.41) is 18.9. The predicted molar refractivity (Wildman–Crippen MR) is 110 cm³/mol. The topological polar surface area (TPSA) is 89.0 Å². The number of nitro benzene ring substituents is 1. The van der Waals surface area contributed by atoms with Gasteiger partial charge in [-0.05, 0) is 17.7 Å². The number of thiazole rings is 1. The summed E-state index contributed by atoms with van der Waals surface area (Å²) in [5.41, 5.74) is 1.43. The molecular weight excluding hydrogens is 454 g/mol. The van der Waals surface area contributed by atoms with Gasteiger partial charge in [-0.3, -0.25) is 20.3 Å². The first-order valence-corrected chi connectivity index (χ1v) is 9.29. The number of aromatic nitrogens is 1. The van der Waals surface area contributed by atoms with E-state index >= 15 is 0 Å². The maximum atomic E-state index is 12.4. The SMILES string of the molecule is Cl.N=c1sc(Cc2cccc([N+](=O)[O-])c2)cn1CC(=O)c1ccc(Br)cc1. The van der Waals surface area contributed by atoms with Crippen molar-refractivity contribution in [3.05, 3.63) is 90.1 Å². The Balaban J connectivity index is 0.00000261. The molecule has 0 radical (unpaired) electrons. The monoisotopic (exact) mass is 467 g/mol. The van der Waals surface area contributed by atoms with Crippen LogP contribution < -0.4 is 4.80 Å². The first kappa shape index (κ1) is 21.0. The summed E-state index contributed by atoms with van der Waals surface area (Å²) in [5.74, 6) is -0.0734. The molecule has 0 aliphatic rings. The zero-order valence-corrected chi connectivity index (χ0v) is 17.1. The third kappa shape index (κ3) is 5.35. The van der Waals surface area contributed by atoms with Crippen molar-refractivity contribution in [1.82, 2.24) is 4.57 Å². The summed E-state index contributed by atoms with van der Waals surface area (Å²) in [4.78, 5) is 24.0. The van der Waals surface area contributed by atoms with Crippen LogP contribution in [0.3, 0.4) is 0 Å². The molecule has 0 atom stereocenters. The van der Waals surface area contributed by atoms with Gasteiger partial charge in [0.1, 0.15) is 0 Å². The zero-order valence-electron chi connectivity index (χ0n) is 13.9. The molecule has 0 amide bonds. The molecule has 0 saturated carbocycles. The number of ketones is 1. The highest BCUT2D eigenvalue weighted by Crippen LogP contribution is 2.18. The first-order chi connectivity index (χ1) is 12.4. The highest BCUT2D eigenvalue weighted by Gasteiger charge is 2.11. The smallest absolute Gasteiger partial charge is 0.269 e. The Morgan fingerprint density at radius 1 is 1.22 bits per heavy atom. The molecule has 2 aromatic carbocycles. The highest BCUT2D eigenvalue weighted by atomic mass is 79.9. The van der Waals surface area contributed by atoms with Crippen molar-refractivity contribution >= 4 is 51.1 Å². The molecule has 0 aliphatic heterocycles. The van der Waals surface area contributed by atoms with Crippen LogP contribution in [-0.4, -0.2) is 15.3 Å². The Hall–Kier alpha value is -2.29. The molecule has 0 fully saturated rings. The quantitative estimate of drug-likeness (QED) is 0.326. The molecule has 0 spiro atoms. The number of nitrogens with one attached hydrogen (secondary N) is 1. The van der Waals surface area contributed by atoms with Crippen molar-refractivity contribution in [2.24, 2.45) is 0 Å². The first-order valence-electron chi connectivity index (χ1n) is 7.68. The van der Waals surface area contributed by atoms with Gasteiger partial charge in [-0.25, -0.2) is 0 Å². The van der Waals surface area contributed by atoms with E-state index in [0.29, 0.717) is 12.0 Å². The standard InChI is InChI=1S/C18H14BrN3O3S.ClH/c19-14-6-4-13(5-7-14)17(23)11-21-10-16(26-18(21)20)9-12-2-1-3-15(8-12)22(24)25;/h1-8,10,20H,9,11H2;1H. The number of halogens is 2. The van der Waals surface area contributed by atoms with Gasteiger partial charge in [0.15, 0.2) is 10.6 Å². The van der Waals surface area contributed by atoms with Crippen molar-refractivity contribution < 1.29 is 9.72 Å². The van der Waals surface area contributed by atoms with Gasteiger partial charge in [-0.2, -0.15) is 0 Å². The number of hydrogen-bond acceptors (Lipinski definition) is 5. The van der Waals surface area contributed by atoms with E-state index in [1.807, 2.05) is 6.07 Å². The molecule has 3 rings (SSSR count). The second-order valence-corrected chi connectivity index (χ2v) is 7.70. The maximum absolute atomic E-state index is 12.4. The van der Waals surface area contributed by atoms with Crippen molar-refractivity contribution in [3.63, 3.8) is 0 Å². The van der Waals surface area contributed by atoms with Crippen LogP contribution in [0.25, 0.3) is 0 Å². The minimum absolute atomic E-state index is 0. The Morgan fingerprint density at radius 2 is 1.93 bits per heavy atom. The average molecular weight is 469 g/mol. The molecule has 1 heterocycles. The van der Waals surface area contributed by atoms with Crippen molar-refractivity contribution in [3.8, 4) is 0 Å². The summed E-state index contributed by atoms with van der Waals surface area (Å²) < 4.78 is 2.50. The van der Waals surface area contributed by atoms with Gasteiger partial charge in [0.05, 0.1) is 11.5 Å². The number of Topliss-reactive ketones (excluding diaryl/α,β-unsaturated/α-hetero) is 1. The van der Waals surface area contributed by atoms with Gasteiger partial charge in [0, 0.05) is 39.7 Å². The van der Waals surface area contributed by atoms with Gasteiger partial charge in [-0.15, -0.1) is 23.7 Å². The largest absolute Gasteiger partial charge is 0.316 e. The van der Waals surface area contributed by atoms with E-state index in [1.54, 1.807) is 41.1 Å². The summed E-state index contributed by atoms with van der Waals surface area (Å²) in [7, 11) is 0.